The molecule has 4 aliphatic rings. The van der Waals surface area contributed by atoms with Gasteiger partial charge in [-0.2, -0.15) is 12.6 Å². The molecule has 1 heterocycles. The summed E-state index contributed by atoms with van der Waals surface area (Å²) < 4.78 is 21.0. The van der Waals surface area contributed by atoms with E-state index in [0.717, 1.165) is 31.6 Å². The minimum atomic E-state index is -0.664. The molecule has 1 aromatic heterocycles. The van der Waals surface area contributed by atoms with Gasteiger partial charge in [0.25, 0.3) is 0 Å². The maximum Gasteiger partial charge on any atom is 0.305 e. The summed E-state index contributed by atoms with van der Waals surface area (Å²) in [5, 5.41) is 28.9. The third-order valence-electron chi connectivity index (χ3n) is 14.3. The molecule has 6 unspecified atom stereocenters. The largest absolute Gasteiger partial charge is 0.463 e. The second kappa shape index (κ2) is 18.7. The van der Waals surface area contributed by atoms with Crippen LogP contribution in [0.15, 0.2) is 21.9 Å². The number of benzene rings is 1. The molecule has 0 spiro atoms. The highest BCUT2D eigenvalue weighted by Crippen LogP contribution is 2.68. The van der Waals surface area contributed by atoms with Crippen molar-refractivity contribution in [1.82, 2.24) is 15.6 Å². The number of nitrogens with zero attached hydrogens (tertiary/aromatic N) is 6. The van der Waals surface area contributed by atoms with E-state index < -0.39 is 11.0 Å². The Bertz CT molecular complexity index is 1740. The Kier molecular flexibility index (Phi) is 14.0. The predicted octanol–water partition coefficient (Wildman–Crippen LogP) is 7.29. The predicted molar refractivity (Wildman–Crippen MR) is 212 cm³/mol. The Labute approximate surface area is 333 Å². The van der Waals surface area contributed by atoms with Crippen molar-refractivity contribution in [3.05, 3.63) is 32.7 Å². The number of azide groups is 1. The van der Waals surface area contributed by atoms with Crippen LogP contribution in [0.3, 0.4) is 0 Å². The van der Waals surface area contributed by atoms with Gasteiger partial charge < -0.3 is 24.8 Å². The molecule has 4 aliphatic carbocycles. The fraction of sp³-hybridized carbons (Fsp3) is 0.795. The fourth-order valence-electron chi connectivity index (χ4n) is 11.5. The molecule has 0 radical (unpaired) electrons. The maximum atomic E-state index is 13.6. The number of esters is 1. The molecule has 1 amide bonds. The van der Waals surface area contributed by atoms with E-state index in [-0.39, 0.29) is 52.4 Å². The van der Waals surface area contributed by atoms with Gasteiger partial charge in [-0.3, -0.25) is 19.7 Å². The number of hydrogen-bond acceptors (Lipinski definition) is 13. The van der Waals surface area contributed by atoms with E-state index in [0.29, 0.717) is 80.1 Å². The Morgan fingerprint density at radius 1 is 1.04 bits per heavy atom. The van der Waals surface area contributed by atoms with Crippen LogP contribution in [0, 0.1) is 56.5 Å². The summed E-state index contributed by atoms with van der Waals surface area (Å²) >= 11 is 4.46. The lowest BCUT2D eigenvalue weighted by molar-refractivity contribution is -0.383. The van der Waals surface area contributed by atoms with E-state index in [9.17, 15) is 19.7 Å². The number of amides is 1. The van der Waals surface area contributed by atoms with Crippen LogP contribution in [-0.2, 0) is 23.8 Å². The van der Waals surface area contributed by atoms with Gasteiger partial charge in [-0.15, -0.1) is 0 Å². The number of nitro benzene ring substituents is 1. The first-order chi connectivity index (χ1) is 27.0. The van der Waals surface area contributed by atoms with Crippen LogP contribution < -0.4 is 10.6 Å². The highest BCUT2D eigenvalue weighted by Gasteiger charge is 2.60. The van der Waals surface area contributed by atoms with Crippen LogP contribution in [0.25, 0.3) is 21.5 Å². The third-order valence-corrected chi connectivity index (χ3v) is 14.6. The summed E-state index contributed by atoms with van der Waals surface area (Å²) in [6, 6.07) is 2.28. The molecular formula is C39H58N8O8S. The van der Waals surface area contributed by atoms with Gasteiger partial charge >= 0.3 is 11.7 Å². The smallest absolute Gasteiger partial charge is 0.305 e. The van der Waals surface area contributed by atoms with Gasteiger partial charge in [0.15, 0.2) is 5.52 Å². The SMILES string of the molecule is CC(CCC(=O)OCCOCCOCCN=[N+]=[N-])C1CCC2C3CC[C@@H]4C[C@H](NC(=O)C(CS)Nc5ccc([N+](=O)[O-])c6nonc56)CC[C@]4(C)C3CC[C@]12C. The molecule has 17 heteroatoms. The summed E-state index contributed by atoms with van der Waals surface area (Å²) in [6.45, 7) is 9.42. The second-order valence-corrected chi connectivity index (χ2v) is 17.4. The number of hydrogen-bond donors (Lipinski definition) is 3. The van der Waals surface area contributed by atoms with Gasteiger partial charge in [0.1, 0.15) is 12.6 Å². The minimum Gasteiger partial charge on any atom is -0.463 e. The van der Waals surface area contributed by atoms with Gasteiger partial charge in [-0.05, 0) is 132 Å². The fourth-order valence-corrected chi connectivity index (χ4v) is 11.7. The van der Waals surface area contributed by atoms with Gasteiger partial charge in [-0.1, -0.05) is 25.9 Å². The van der Waals surface area contributed by atoms with Gasteiger partial charge in [-0.25, -0.2) is 4.63 Å². The molecule has 4 saturated carbocycles. The second-order valence-electron chi connectivity index (χ2n) is 17.0. The van der Waals surface area contributed by atoms with Crippen molar-refractivity contribution in [2.24, 2.45) is 51.5 Å². The average Bonchev–Trinajstić information content (AvgIpc) is 3.82. The Morgan fingerprint density at radius 2 is 1.77 bits per heavy atom. The molecule has 6 rings (SSSR count). The van der Waals surface area contributed by atoms with Crippen LogP contribution in [-0.4, -0.2) is 84.5 Å². The van der Waals surface area contributed by atoms with Crippen LogP contribution >= 0.6 is 12.6 Å². The number of aromatic nitrogens is 2. The standard InChI is InChI=1S/C39H58N8O8S/c1-24(4-11-34(48)54-21-20-53-19-18-52-17-16-41-46-40)28-7-8-29-27-6-5-25-22-26(12-14-38(25,2)30(27)13-15-39(28,29)3)42-37(49)32(23-56)43-31-9-10-33(47(50)51)36-35(31)44-55-45-36/h9-10,24-30,32,43,56H,4-8,11-23H2,1-3H3,(H,42,49)/t24?,25-,26-,27?,28?,29?,30?,32?,38+,39-/m1/s1. The molecule has 0 bridgehead atoms. The van der Waals surface area contributed by atoms with E-state index in [1.54, 1.807) is 0 Å². The first-order valence-corrected chi connectivity index (χ1v) is 21.0. The Hall–Kier alpha value is -3.66. The molecule has 308 valence electrons. The zero-order valence-corrected chi connectivity index (χ0v) is 33.8. The Morgan fingerprint density at radius 3 is 2.54 bits per heavy atom. The number of fused-ring (bicyclic) bond motifs is 6. The van der Waals surface area contributed by atoms with E-state index in [1.165, 1.54) is 50.7 Å². The lowest BCUT2D eigenvalue weighted by Crippen LogP contribution is -2.56. The molecule has 0 aliphatic heterocycles. The lowest BCUT2D eigenvalue weighted by atomic mass is 9.44. The molecule has 2 aromatic rings. The molecular weight excluding hydrogens is 741 g/mol. The summed E-state index contributed by atoms with van der Waals surface area (Å²) in [6.07, 6.45) is 11.7. The highest BCUT2D eigenvalue weighted by atomic mass is 32.1. The maximum absolute atomic E-state index is 13.6. The summed E-state index contributed by atoms with van der Waals surface area (Å²) in [5.74, 6) is 3.66. The third kappa shape index (κ3) is 9.05. The molecule has 16 nitrogen and oxygen atoms in total. The van der Waals surface area contributed by atoms with E-state index in [4.69, 9.17) is 24.4 Å². The zero-order chi connectivity index (χ0) is 39.9. The van der Waals surface area contributed by atoms with Crippen LogP contribution in [0.1, 0.15) is 91.4 Å². The molecule has 10 atom stereocenters. The molecule has 4 fully saturated rings. The van der Waals surface area contributed by atoms with Gasteiger partial charge in [0, 0.05) is 35.7 Å². The summed E-state index contributed by atoms with van der Waals surface area (Å²) in [7, 11) is 0. The highest BCUT2D eigenvalue weighted by molar-refractivity contribution is 7.80. The zero-order valence-electron chi connectivity index (χ0n) is 32.9. The van der Waals surface area contributed by atoms with Crippen LogP contribution in [0.4, 0.5) is 11.4 Å². The van der Waals surface area contributed by atoms with Crippen LogP contribution in [0.2, 0.25) is 0 Å². The number of rotatable bonds is 19. The number of carbonyl (C=O) groups excluding carboxylic acids is 2. The van der Waals surface area contributed by atoms with Crippen LogP contribution in [0.5, 0.6) is 0 Å². The van der Waals surface area contributed by atoms with E-state index in [2.05, 4.69) is 64.4 Å². The summed E-state index contributed by atoms with van der Waals surface area (Å²) in [5.41, 5.74) is 9.28. The first-order valence-electron chi connectivity index (χ1n) is 20.4. The first kappa shape index (κ1) is 42.0. The number of non-ortho nitro benzene ring substituents is 1. The van der Waals surface area contributed by atoms with Crippen molar-refractivity contribution in [2.45, 2.75) is 103 Å². The Balaban J connectivity index is 0.955. The number of thiol groups is 1. The van der Waals surface area contributed by atoms with Crippen molar-refractivity contribution in [2.75, 3.05) is 50.6 Å². The van der Waals surface area contributed by atoms with Gasteiger partial charge in [0.05, 0.1) is 37.0 Å². The van der Waals surface area contributed by atoms with Crippen molar-refractivity contribution >= 4 is 46.9 Å². The monoisotopic (exact) mass is 798 g/mol. The van der Waals surface area contributed by atoms with Crippen molar-refractivity contribution in [3.8, 4) is 0 Å². The van der Waals surface area contributed by atoms with E-state index in [1.807, 2.05) is 0 Å². The topological polar surface area (TPSA) is 217 Å². The number of anilines is 1. The molecule has 0 saturated heterocycles. The normalized spacial score (nSPS) is 30.6. The number of nitrogens with one attached hydrogen (secondary N) is 2. The van der Waals surface area contributed by atoms with Crippen molar-refractivity contribution < 1.29 is 33.4 Å². The van der Waals surface area contributed by atoms with Crippen molar-refractivity contribution in [1.29, 1.82) is 0 Å². The van der Waals surface area contributed by atoms with E-state index >= 15 is 0 Å². The quantitative estimate of drug-likeness (QED) is 0.0187. The minimum absolute atomic E-state index is 0.0309. The average molecular weight is 799 g/mol. The van der Waals surface area contributed by atoms with Gasteiger partial charge in [0.2, 0.25) is 11.4 Å². The number of ether oxygens (including phenoxy) is 3. The molecule has 2 N–H and O–H groups in total. The summed E-state index contributed by atoms with van der Waals surface area (Å²) in [4.78, 5) is 39.7. The molecule has 56 heavy (non-hydrogen) atoms. The van der Waals surface area contributed by atoms with Crippen molar-refractivity contribution in [3.63, 3.8) is 0 Å². The number of carbonyl (C=O) groups is 2. The number of nitro groups is 1. The lowest BCUT2D eigenvalue weighted by Gasteiger charge is -2.61. The molecule has 1 aromatic carbocycles.